The summed E-state index contributed by atoms with van der Waals surface area (Å²) < 4.78 is 11.2. The van der Waals surface area contributed by atoms with E-state index in [1.165, 1.54) is 16.7 Å². The summed E-state index contributed by atoms with van der Waals surface area (Å²) >= 11 is 6.29. The average Bonchev–Trinajstić information content (AvgIpc) is 2.84. The smallest absolute Gasteiger partial charge is 0.253 e. The molecule has 6 heteroatoms. The van der Waals surface area contributed by atoms with Gasteiger partial charge in [-0.25, -0.2) is 0 Å². The first-order chi connectivity index (χ1) is 16.4. The molecule has 0 saturated heterocycles. The number of amides is 1. The first kappa shape index (κ1) is 24.1. The Morgan fingerprint density at radius 1 is 1.09 bits per heavy atom. The van der Waals surface area contributed by atoms with Crippen molar-refractivity contribution in [3.8, 4) is 11.5 Å². The molecule has 178 valence electrons. The number of carbonyl (C=O) groups excluding carboxylic acids is 1. The van der Waals surface area contributed by atoms with Gasteiger partial charge in [-0.2, -0.15) is 0 Å². The number of hydrogen-bond donors (Lipinski definition) is 1. The number of hydrogen-bond acceptors (Lipinski definition) is 4. The van der Waals surface area contributed by atoms with Crippen LogP contribution in [0.4, 0.5) is 0 Å². The van der Waals surface area contributed by atoms with E-state index in [9.17, 15) is 4.79 Å². The summed E-state index contributed by atoms with van der Waals surface area (Å²) in [4.78, 5) is 15.5. The van der Waals surface area contributed by atoms with E-state index in [1.54, 1.807) is 26.4 Å². The van der Waals surface area contributed by atoms with Crippen LogP contribution in [0.25, 0.3) is 0 Å². The van der Waals surface area contributed by atoms with Crippen LogP contribution in [0.5, 0.6) is 11.5 Å². The SMILES string of the molecule is COc1cc2c(cc1OC)[C@@H]([C@H](C)NC(=O)c1ccccc1Cl)N(Cc1ccc(C)cc1)CC2. The molecule has 0 bridgehead atoms. The molecular weight excluding hydrogens is 448 g/mol. The zero-order chi connectivity index (χ0) is 24.2. The first-order valence-electron chi connectivity index (χ1n) is 11.5. The van der Waals surface area contributed by atoms with Crippen LogP contribution >= 0.6 is 11.6 Å². The molecular formula is C28H31ClN2O3. The number of methoxy groups -OCH3 is 2. The Labute approximate surface area is 206 Å². The average molecular weight is 479 g/mol. The largest absolute Gasteiger partial charge is 0.493 e. The molecule has 1 aliphatic rings. The van der Waals surface area contributed by atoms with Crippen LogP contribution in [0.3, 0.4) is 0 Å². The number of fused-ring (bicyclic) bond motifs is 1. The van der Waals surface area contributed by atoms with Crippen LogP contribution in [-0.4, -0.2) is 37.6 Å². The molecule has 0 unspecified atom stereocenters. The van der Waals surface area contributed by atoms with E-state index in [0.29, 0.717) is 16.3 Å². The van der Waals surface area contributed by atoms with E-state index in [4.69, 9.17) is 21.1 Å². The molecule has 2 atom stereocenters. The lowest BCUT2D eigenvalue weighted by Crippen LogP contribution is -2.47. The lowest BCUT2D eigenvalue weighted by atomic mass is 9.87. The van der Waals surface area contributed by atoms with E-state index < -0.39 is 0 Å². The highest BCUT2D eigenvalue weighted by Gasteiger charge is 2.34. The summed E-state index contributed by atoms with van der Waals surface area (Å²) in [6.07, 6.45) is 0.892. The van der Waals surface area contributed by atoms with Crippen molar-refractivity contribution in [1.29, 1.82) is 0 Å². The second-order valence-corrected chi connectivity index (χ2v) is 9.21. The minimum absolute atomic E-state index is 0.0451. The Bertz CT molecular complexity index is 1160. The van der Waals surface area contributed by atoms with Crippen LogP contribution in [-0.2, 0) is 13.0 Å². The molecule has 1 aliphatic heterocycles. The van der Waals surface area contributed by atoms with Gasteiger partial charge in [0.2, 0.25) is 0 Å². The van der Waals surface area contributed by atoms with E-state index in [1.807, 2.05) is 19.1 Å². The molecule has 5 nitrogen and oxygen atoms in total. The van der Waals surface area contributed by atoms with Gasteiger partial charge >= 0.3 is 0 Å². The maximum atomic E-state index is 13.1. The van der Waals surface area contributed by atoms with Crippen LogP contribution in [0.2, 0.25) is 5.02 Å². The van der Waals surface area contributed by atoms with E-state index in [2.05, 4.69) is 53.5 Å². The summed E-state index contributed by atoms with van der Waals surface area (Å²) in [6, 6.07) is 19.6. The van der Waals surface area contributed by atoms with Gasteiger partial charge in [-0.05, 0) is 61.2 Å². The minimum Gasteiger partial charge on any atom is -0.493 e. The Morgan fingerprint density at radius 2 is 1.76 bits per heavy atom. The molecule has 1 N–H and O–H groups in total. The van der Waals surface area contributed by atoms with Crippen molar-refractivity contribution in [2.45, 2.75) is 38.9 Å². The highest BCUT2D eigenvalue weighted by atomic mass is 35.5. The van der Waals surface area contributed by atoms with Gasteiger partial charge in [0.15, 0.2) is 11.5 Å². The number of rotatable bonds is 7. The van der Waals surface area contributed by atoms with E-state index in [0.717, 1.165) is 30.8 Å². The topological polar surface area (TPSA) is 50.8 Å². The normalized spacial score (nSPS) is 16.4. The number of nitrogens with one attached hydrogen (secondary N) is 1. The van der Waals surface area contributed by atoms with Crippen molar-refractivity contribution in [2.24, 2.45) is 0 Å². The van der Waals surface area contributed by atoms with Gasteiger partial charge < -0.3 is 14.8 Å². The van der Waals surface area contributed by atoms with Crippen molar-refractivity contribution in [1.82, 2.24) is 10.2 Å². The Hall–Kier alpha value is -3.02. The summed E-state index contributed by atoms with van der Waals surface area (Å²) in [5.41, 5.74) is 5.31. The molecule has 0 saturated carbocycles. The van der Waals surface area contributed by atoms with Crippen molar-refractivity contribution >= 4 is 17.5 Å². The number of ether oxygens (including phenoxy) is 2. The molecule has 4 rings (SSSR count). The fraction of sp³-hybridized carbons (Fsp3) is 0.321. The van der Waals surface area contributed by atoms with Crippen molar-refractivity contribution in [3.05, 3.63) is 93.5 Å². The lowest BCUT2D eigenvalue weighted by molar-refractivity contribution is 0.0877. The third kappa shape index (κ3) is 5.06. The maximum Gasteiger partial charge on any atom is 0.253 e. The third-order valence-electron chi connectivity index (χ3n) is 6.48. The fourth-order valence-corrected chi connectivity index (χ4v) is 4.95. The second kappa shape index (κ2) is 10.5. The molecule has 0 fully saturated rings. The number of halogens is 1. The highest BCUT2D eigenvalue weighted by Crippen LogP contribution is 2.40. The first-order valence-corrected chi connectivity index (χ1v) is 11.9. The van der Waals surface area contributed by atoms with Gasteiger partial charge in [0.05, 0.1) is 30.8 Å². The maximum absolute atomic E-state index is 13.1. The van der Waals surface area contributed by atoms with E-state index in [-0.39, 0.29) is 18.0 Å². The van der Waals surface area contributed by atoms with Gasteiger partial charge in [0, 0.05) is 19.1 Å². The Balaban J connectivity index is 1.69. The standard InChI is InChI=1S/C28H31ClN2O3/c1-18-9-11-20(12-10-18)17-31-14-13-21-15-25(33-3)26(34-4)16-23(21)27(31)19(2)30-28(32)22-7-5-6-8-24(22)29/h5-12,15-16,19,27H,13-14,17H2,1-4H3,(H,30,32)/t19-,27+/m0/s1. The van der Waals surface area contributed by atoms with Crippen LogP contribution in [0, 0.1) is 6.92 Å². The lowest BCUT2D eigenvalue weighted by Gasteiger charge is -2.41. The van der Waals surface area contributed by atoms with Crippen LogP contribution < -0.4 is 14.8 Å². The van der Waals surface area contributed by atoms with Gasteiger partial charge in [0.1, 0.15) is 0 Å². The van der Waals surface area contributed by atoms with Crippen molar-refractivity contribution in [2.75, 3.05) is 20.8 Å². The molecule has 0 radical (unpaired) electrons. The molecule has 1 heterocycles. The summed E-state index contributed by atoms with van der Waals surface area (Å²) in [7, 11) is 3.30. The van der Waals surface area contributed by atoms with Crippen molar-refractivity contribution in [3.63, 3.8) is 0 Å². The molecule has 1 amide bonds. The monoisotopic (exact) mass is 478 g/mol. The molecule has 0 spiro atoms. The molecule has 3 aromatic carbocycles. The van der Waals surface area contributed by atoms with Gasteiger partial charge in [0.25, 0.3) is 5.91 Å². The third-order valence-corrected chi connectivity index (χ3v) is 6.81. The Kier molecular flexibility index (Phi) is 7.44. The predicted molar refractivity (Wildman–Crippen MR) is 136 cm³/mol. The molecule has 34 heavy (non-hydrogen) atoms. The highest BCUT2D eigenvalue weighted by molar-refractivity contribution is 6.33. The van der Waals surface area contributed by atoms with Gasteiger partial charge in [-0.15, -0.1) is 0 Å². The number of aryl methyl sites for hydroxylation is 1. The van der Waals surface area contributed by atoms with Crippen LogP contribution in [0.1, 0.15) is 45.6 Å². The van der Waals surface area contributed by atoms with Crippen molar-refractivity contribution < 1.29 is 14.3 Å². The number of nitrogens with zero attached hydrogens (tertiary/aromatic N) is 1. The molecule has 0 aliphatic carbocycles. The second-order valence-electron chi connectivity index (χ2n) is 8.80. The summed E-state index contributed by atoms with van der Waals surface area (Å²) in [5.74, 6) is 1.23. The zero-order valence-electron chi connectivity index (χ0n) is 20.1. The summed E-state index contributed by atoms with van der Waals surface area (Å²) in [6.45, 7) is 5.79. The predicted octanol–water partition coefficient (Wildman–Crippen LogP) is 5.58. The quantitative estimate of drug-likeness (QED) is 0.481. The number of carbonyl (C=O) groups is 1. The van der Waals surface area contributed by atoms with Gasteiger partial charge in [-0.3, -0.25) is 9.69 Å². The fourth-order valence-electron chi connectivity index (χ4n) is 4.73. The van der Waals surface area contributed by atoms with E-state index >= 15 is 0 Å². The molecule has 0 aromatic heterocycles. The minimum atomic E-state index is -0.180. The van der Waals surface area contributed by atoms with Gasteiger partial charge in [-0.1, -0.05) is 53.6 Å². The van der Waals surface area contributed by atoms with Crippen LogP contribution in [0.15, 0.2) is 60.7 Å². The zero-order valence-corrected chi connectivity index (χ0v) is 20.9. The summed E-state index contributed by atoms with van der Waals surface area (Å²) in [5, 5.41) is 3.65. The molecule has 3 aromatic rings. The number of benzene rings is 3. The Morgan fingerprint density at radius 3 is 2.44 bits per heavy atom.